The Labute approximate surface area is 141 Å². The van der Waals surface area contributed by atoms with E-state index in [0.29, 0.717) is 0 Å². The number of nitrogens with one attached hydrogen (secondary N) is 1. The van der Waals surface area contributed by atoms with Gasteiger partial charge in [-0.3, -0.25) is 0 Å². The number of allylic oxidation sites excluding steroid dienone is 2. The Morgan fingerprint density at radius 1 is 1.04 bits per heavy atom. The molecule has 5 heteroatoms. The lowest BCUT2D eigenvalue weighted by molar-refractivity contribution is -0.742. The second-order valence-corrected chi connectivity index (χ2v) is 6.32. The fraction of sp³-hybridized carbons (Fsp3) is 0.889. The van der Waals surface area contributed by atoms with E-state index in [9.17, 15) is 0 Å². The summed E-state index contributed by atoms with van der Waals surface area (Å²) >= 11 is 0. The van der Waals surface area contributed by atoms with Crippen molar-refractivity contribution in [2.75, 3.05) is 6.54 Å². The fourth-order valence-electron chi connectivity index (χ4n) is 2.86. The van der Waals surface area contributed by atoms with Crippen molar-refractivity contribution in [1.29, 1.82) is 0 Å². The quantitative estimate of drug-likeness (QED) is 0.277. The summed E-state index contributed by atoms with van der Waals surface area (Å²) in [7, 11) is 0. The maximum atomic E-state index is 8.36. The summed E-state index contributed by atoms with van der Waals surface area (Å²) in [5.74, 6) is 0. The molecule has 0 aromatic rings. The molecule has 1 rings (SSSR count). The Kier molecular flexibility index (Phi) is 16.2. The summed E-state index contributed by atoms with van der Waals surface area (Å²) < 4.78 is 0. The first-order valence-electron chi connectivity index (χ1n) is 9.43. The highest BCUT2D eigenvalue weighted by Crippen LogP contribution is 2.15. The summed E-state index contributed by atoms with van der Waals surface area (Å²) in [6.45, 7) is 3.49. The third-order valence-electron chi connectivity index (χ3n) is 4.17. The van der Waals surface area contributed by atoms with Crippen LogP contribution >= 0.6 is 0 Å². The van der Waals surface area contributed by atoms with E-state index in [1.54, 1.807) is 0 Å². The van der Waals surface area contributed by atoms with Gasteiger partial charge in [0, 0.05) is 12.2 Å². The third-order valence-corrected chi connectivity index (χ3v) is 4.17. The van der Waals surface area contributed by atoms with Crippen LogP contribution < -0.4 is 5.32 Å². The van der Waals surface area contributed by atoms with Gasteiger partial charge in [-0.25, -0.2) is 0 Å². The number of hydrogen-bond donors (Lipinski definition) is 2. The molecule has 0 saturated heterocycles. The first kappa shape index (κ1) is 21.7. The summed E-state index contributed by atoms with van der Waals surface area (Å²) in [5, 5.41) is 17.2. The smallest absolute Gasteiger partial charge is 0.291 e. The zero-order valence-corrected chi connectivity index (χ0v) is 14.9. The highest BCUT2D eigenvalue weighted by molar-refractivity contribution is 5.02. The van der Waals surface area contributed by atoms with Gasteiger partial charge >= 0.3 is 0 Å². The lowest BCUT2D eigenvalue weighted by atomic mass is 10.0. The largest absolute Gasteiger partial charge is 0.389 e. The van der Waals surface area contributed by atoms with E-state index in [-0.39, 0.29) is 0 Å². The Morgan fingerprint density at radius 2 is 1.57 bits per heavy atom. The van der Waals surface area contributed by atoms with Crippen LogP contribution in [0.4, 0.5) is 0 Å². The molecule has 0 fully saturated rings. The molecule has 0 atom stereocenters. The Balaban J connectivity index is 0.00000108. The van der Waals surface area contributed by atoms with Crippen LogP contribution in [0.15, 0.2) is 11.8 Å². The number of rotatable bonds is 12. The number of nitrogens with zero attached hydrogens (tertiary/aromatic N) is 1. The molecule has 0 radical (unpaired) electrons. The highest BCUT2D eigenvalue weighted by Gasteiger charge is 2.01. The van der Waals surface area contributed by atoms with Crippen molar-refractivity contribution < 1.29 is 10.3 Å². The lowest BCUT2D eigenvalue weighted by Crippen LogP contribution is -2.16. The van der Waals surface area contributed by atoms with Crippen molar-refractivity contribution in [3.8, 4) is 0 Å². The summed E-state index contributed by atoms with van der Waals surface area (Å²) in [6, 6.07) is 0. The van der Waals surface area contributed by atoms with Crippen LogP contribution in [0.1, 0.15) is 96.8 Å². The molecule has 0 heterocycles. The Bertz CT molecular complexity index is 303. The van der Waals surface area contributed by atoms with Crippen LogP contribution in [-0.2, 0) is 0 Å². The maximum Gasteiger partial charge on any atom is 0.291 e. The standard InChI is InChI=1S/C18H35N.HNO3/c1-2-3-4-5-6-7-8-9-10-14-17-19-18-15-12-11-13-16-18;2-1(3)4/h15,19H,2-14,16-17H2,1H3;(H,2,3,4). The minimum Gasteiger partial charge on any atom is -0.389 e. The summed E-state index contributed by atoms with van der Waals surface area (Å²) in [5.41, 5.74) is 1.52. The molecule has 0 aromatic heterocycles. The maximum absolute atomic E-state index is 8.36. The van der Waals surface area contributed by atoms with Gasteiger partial charge < -0.3 is 10.5 Å². The molecule has 0 spiro atoms. The minimum atomic E-state index is -1.50. The molecule has 136 valence electrons. The molecule has 1 aliphatic rings. The van der Waals surface area contributed by atoms with Crippen molar-refractivity contribution in [2.24, 2.45) is 0 Å². The van der Waals surface area contributed by atoms with E-state index in [4.69, 9.17) is 15.3 Å². The summed E-state index contributed by atoms with van der Waals surface area (Å²) in [6.07, 6.45) is 22.1. The molecule has 0 unspecified atom stereocenters. The first-order valence-corrected chi connectivity index (χ1v) is 9.43. The van der Waals surface area contributed by atoms with Gasteiger partial charge in [0.2, 0.25) is 0 Å². The predicted molar refractivity (Wildman–Crippen MR) is 95.2 cm³/mol. The summed E-state index contributed by atoms with van der Waals surface area (Å²) in [4.78, 5) is 8.36. The lowest BCUT2D eigenvalue weighted by Gasteiger charge is -2.14. The Hall–Kier alpha value is -1.26. The predicted octanol–water partition coefficient (Wildman–Crippen LogP) is 5.61. The van der Waals surface area contributed by atoms with Crippen molar-refractivity contribution in [1.82, 2.24) is 5.32 Å². The normalized spacial score (nSPS) is 13.7. The van der Waals surface area contributed by atoms with Crippen LogP contribution in [0.25, 0.3) is 0 Å². The van der Waals surface area contributed by atoms with Crippen molar-refractivity contribution in [3.05, 3.63) is 21.9 Å². The molecule has 1 aliphatic carbocycles. The second-order valence-electron chi connectivity index (χ2n) is 6.32. The zero-order valence-electron chi connectivity index (χ0n) is 14.9. The van der Waals surface area contributed by atoms with Crippen molar-refractivity contribution in [2.45, 2.75) is 96.8 Å². The van der Waals surface area contributed by atoms with E-state index < -0.39 is 5.09 Å². The molecule has 0 aliphatic heterocycles. The van der Waals surface area contributed by atoms with Gasteiger partial charge in [-0.1, -0.05) is 70.8 Å². The van der Waals surface area contributed by atoms with E-state index in [1.807, 2.05) is 0 Å². The zero-order chi connectivity index (χ0) is 17.2. The van der Waals surface area contributed by atoms with Gasteiger partial charge in [0.25, 0.3) is 5.09 Å². The molecule has 2 N–H and O–H groups in total. The molecule has 0 amide bonds. The first-order chi connectivity index (χ1) is 11.2. The van der Waals surface area contributed by atoms with Gasteiger partial charge in [-0.05, 0) is 32.1 Å². The second kappa shape index (κ2) is 17.1. The van der Waals surface area contributed by atoms with E-state index >= 15 is 0 Å². The van der Waals surface area contributed by atoms with E-state index in [1.165, 1.54) is 102 Å². The fourth-order valence-corrected chi connectivity index (χ4v) is 2.86. The topological polar surface area (TPSA) is 75.4 Å². The monoisotopic (exact) mass is 328 g/mol. The third kappa shape index (κ3) is 18.7. The molecular weight excluding hydrogens is 292 g/mol. The van der Waals surface area contributed by atoms with Crippen LogP contribution in [0, 0.1) is 10.1 Å². The van der Waals surface area contributed by atoms with Crippen LogP contribution in [0.2, 0.25) is 0 Å². The Morgan fingerprint density at radius 3 is 2.04 bits per heavy atom. The van der Waals surface area contributed by atoms with Crippen LogP contribution in [-0.4, -0.2) is 16.8 Å². The molecule has 0 bridgehead atoms. The van der Waals surface area contributed by atoms with Crippen molar-refractivity contribution in [3.63, 3.8) is 0 Å². The van der Waals surface area contributed by atoms with E-state index in [0.717, 1.165) is 0 Å². The van der Waals surface area contributed by atoms with Gasteiger partial charge in [-0.15, -0.1) is 10.1 Å². The molecule has 23 heavy (non-hydrogen) atoms. The average molecular weight is 328 g/mol. The van der Waals surface area contributed by atoms with Gasteiger partial charge in [-0.2, -0.15) is 0 Å². The van der Waals surface area contributed by atoms with Gasteiger partial charge in [0.15, 0.2) is 0 Å². The number of hydrogen-bond acceptors (Lipinski definition) is 3. The minimum absolute atomic E-state index is 1.20. The van der Waals surface area contributed by atoms with Gasteiger partial charge in [0.05, 0.1) is 0 Å². The molecule has 0 aromatic carbocycles. The average Bonchev–Trinajstić information content (AvgIpc) is 2.53. The molecule has 0 saturated carbocycles. The van der Waals surface area contributed by atoms with Crippen molar-refractivity contribution >= 4 is 0 Å². The SMILES string of the molecule is CCCCCCCCCCCCNC1=CCCCC1.O=[N+]([O-])O. The highest BCUT2D eigenvalue weighted by atomic mass is 16.9. The van der Waals surface area contributed by atoms with Crippen LogP contribution in [0.3, 0.4) is 0 Å². The number of unbranched alkanes of at least 4 members (excludes halogenated alkanes) is 9. The van der Waals surface area contributed by atoms with Crippen LogP contribution in [0.5, 0.6) is 0 Å². The molecular formula is C18H36N2O3. The molecule has 5 nitrogen and oxygen atoms in total. The van der Waals surface area contributed by atoms with E-state index in [2.05, 4.69) is 18.3 Å². The van der Waals surface area contributed by atoms with Gasteiger partial charge in [0.1, 0.15) is 0 Å².